The van der Waals surface area contributed by atoms with E-state index in [-0.39, 0.29) is 23.3 Å². The van der Waals surface area contributed by atoms with Crippen molar-refractivity contribution in [3.05, 3.63) is 36.0 Å². The third-order valence-electron chi connectivity index (χ3n) is 5.43. The normalized spacial score (nSPS) is 19.7. The largest absolute Gasteiger partial charge is 0.493 e. The van der Waals surface area contributed by atoms with Gasteiger partial charge in [0.1, 0.15) is 12.0 Å². The van der Waals surface area contributed by atoms with E-state index in [0.717, 1.165) is 13.0 Å². The van der Waals surface area contributed by atoms with E-state index in [0.29, 0.717) is 29.6 Å². The Labute approximate surface area is 166 Å². The molecule has 1 aliphatic heterocycles. The number of ether oxygens (including phenoxy) is 2. The van der Waals surface area contributed by atoms with Crippen LogP contribution in [0.3, 0.4) is 0 Å². The van der Waals surface area contributed by atoms with E-state index in [9.17, 15) is 8.78 Å². The topological polar surface area (TPSA) is 77.7 Å². The van der Waals surface area contributed by atoms with Crippen LogP contribution < -0.4 is 14.4 Å². The van der Waals surface area contributed by atoms with E-state index in [1.54, 1.807) is 31.0 Å². The first-order chi connectivity index (χ1) is 14.0. The van der Waals surface area contributed by atoms with Gasteiger partial charge in [-0.1, -0.05) is 6.92 Å². The highest BCUT2D eigenvalue weighted by Gasteiger charge is 2.33. The summed E-state index contributed by atoms with van der Waals surface area (Å²) in [5.41, 5.74) is 0.378. The number of alkyl halides is 2. The van der Waals surface area contributed by atoms with Crippen molar-refractivity contribution in [1.29, 1.82) is 0 Å². The first-order valence-corrected chi connectivity index (χ1v) is 9.34. The molecule has 29 heavy (non-hydrogen) atoms. The maximum atomic E-state index is 13.4. The van der Waals surface area contributed by atoms with Crippen LogP contribution in [0.25, 0.3) is 5.78 Å². The van der Waals surface area contributed by atoms with Crippen molar-refractivity contribution in [2.75, 3.05) is 32.2 Å². The van der Waals surface area contributed by atoms with Gasteiger partial charge in [0, 0.05) is 31.3 Å². The predicted octanol–water partition coefficient (Wildman–Crippen LogP) is 3.10. The molecule has 4 rings (SSSR count). The highest BCUT2D eigenvalue weighted by atomic mass is 19.3. The van der Waals surface area contributed by atoms with Gasteiger partial charge in [-0.05, 0) is 18.4 Å². The lowest BCUT2D eigenvalue weighted by Gasteiger charge is -2.38. The lowest BCUT2D eigenvalue weighted by atomic mass is 9.84. The lowest BCUT2D eigenvalue weighted by Crippen LogP contribution is -2.40. The van der Waals surface area contributed by atoms with Gasteiger partial charge in [-0.3, -0.25) is 0 Å². The number of piperidine rings is 1. The fraction of sp³-hybridized carbons (Fsp3) is 0.474. The number of halogens is 2. The molecule has 0 aliphatic carbocycles. The minimum atomic E-state index is -2.68. The Hall–Kier alpha value is -3.04. The van der Waals surface area contributed by atoms with E-state index < -0.39 is 6.43 Å². The average Bonchev–Trinajstić information content (AvgIpc) is 3.21. The number of hydrogen-bond donors (Lipinski definition) is 0. The van der Waals surface area contributed by atoms with Gasteiger partial charge in [-0.15, -0.1) is 0 Å². The average molecular weight is 404 g/mol. The molecule has 154 valence electrons. The maximum absolute atomic E-state index is 13.4. The zero-order valence-electron chi connectivity index (χ0n) is 16.4. The number of aromatic nitrogens is 5. The molecule has 1 fully saturated rings. The summed E-state index contributed by atoms with van der Waals surface area (Å²) in [5.74, 6) is 2.18. The van der Waals surface area contributed by atoms with Gasteiger partial charge >= 0.3 is 0 Å². The third-order valence-corrected chi connectivity index (χ3v) is 5.43. The zero-order chi connectivity index (χ0) is 20.5. The number of nitrogens with zero attached hydrogens (tertiary/aromatic N) is 6. The molecule has 0 unspecified atom stereocenters. The maximum Gasteiger partial charge on any atom is 0.280 e. The molecule has 0 bridgehead atoms. The molecule has 1 saturated heterocycles. The molecule has 8 nitrogen and oxygen atoms in total. The number of pyridine rings is 1. The van der Waals surface area contributed by atoms with Crippen molar-refractivity contribution < 1.29 is 18.3 Å². The monoisotopic (exact) mass is 404 g/mol. The summed E-state index contributed by atoms with van der Waals surface area (Å²) < 4.78 is 39.3. The Morgan fingerprint density at radius 2 is 2.03 bits per heavy atom. The van der Waals surface area contributed by atoms with Gasteiger partial charge in [0.25, 0.3) is 12.2 Å². The van der Waals surface area contributed by atoms with E-state index in [4.69, 9.17) is 9.47 Å². The fourth-order valence-corrected chi connectivity index (χ4v) is 3.87. The summed E-state index contributed by atoms with van der Waals surface area (Å²) in [6, 6.07) is 3.18. The van der Waals surface area contributed by atoms with Gasteiger partial charge in [0.15, 0.2) is 11.6 Å². The van der Waals surface area contributed by atoms with Crippen molar-refractivity contribution in [3.63, 3.8) is 0 Å². The fourth-order valence-electron chi connectivity index (χ4n) is 3.87. The van der Waals surface area contributed by atoms with Crippen molar-refractivity contribution >= 4 is 11.6 Å². The second kappa shape index (κ2) is 7.76. The number of methoxy groups -OCH3 is 2. The number of hydrogen-bond acceptors (Lipinski definition) is 7. The number of anilines is 1. The molecule has 10 heteroatoms. The molecule has 3 aromatic heterocycles. The zero-order valence-corrected chi connectivity index (χ0v) is 16.4. The Bertz CT molecular complexity index is 1010. The Balaban J connectivity index is 1.75. The van der Waals surface area contributed by atoms with E-state index in [2.05, 4.69) is 31.9 Å². The van der Waals surface area contributed by atoms with Crippen LogP contribution in [0.5, 0.6) is 11.5 Å². The minimum absolute atomic E-state index is 0.0637. The van der Waals surface area contributed by atoms with Crippen LogP contribution in [0, 0.1) is 5.92 Å². The Morgan fingerprint density at radius 1 is 1.21 bits per heavy atom. The third kappa shape index (κ3) is 3.43. The molecule has 1 aliphatic rings. The van der Waals surface area contributed by atoms with Gasteiger partial charge in [0.05, 0.1) is 19.9 Å². The summed E-state index contributed by atoms with van der Waals surface area (Å²) in [7, 11) is 3.15. The summed E-state index contributed by atoms with van der Waals surface area (Å²) in [4.78, 5) is 14.5. The summed E-state index contributed by atoms with van der Waals surface area (Å²) >= 11 is 0. The van der Waals surface area contributed by atoms with Crippen molar-refractivity contribution in [2.24, 2.45) is 5.92 Å². The smallest absolute Gasteiger partial charge is 0.280 e. The van der Waals surface area contributed by atoms with Crippen LogP contribution in [-0.4, -0.2) is 51.9 Å². The van der Waals surface area contributed by atoms with E-state index >= 15 is 0 Å². The van der Waals surface area contributed by atoms with Crippen molar-refractivity contribution in [1.82, 2.24) is 24.6 Å². The summed E-state index contributed by atoms with van der Waals surface area (Å²) in [5, 5.41) is 4.21. The van der Waals surface area contributed by atoms with Crippen LogP contribution in [0.1, 0.15) is 37.1 Å². The number of fused-ring (bicyclic) bond motifs is 1. The van der Waals surface area contributed by atoms with Crippen molar-refractivity contribution in [3.8, 4) is 11.5 Å². The van der Waals surface area contributed by atoms with Crippen LogP contribution >= 0.6 is 0 Å². The predicted molar refractivity (Wildman–Crippen MR) is 102 cm³/mol. The lowest BCUT2D eigenvalue weighted by molar-refractivity contribution is 0.146. The molecule has 2 atom stereocenters. The molecule has 3 aromatic rings. The van der Waals surface area contributed by atoms with Crippen LogP contribution in [0.4, 0.5) is 14.6 Å². The van der Waals surface area contributed by atoms with Crippen LogP contribution in [-0.2, 0) is 0 Å². The summed E-state index contributed by atoms with van der Waals surface area (Å²) in [6.45, 7) is 3.45. The Kier molecular flexibility index (Phi) is 5.16. The molecule has 0 spiro atoms. The van der Waals surface area contributed by atoms with Gasteiger partial charge < -0.3 is 14.4 Å². The van der Waals surface area contributed by atoms with Gasteiger partial charge in [-0.25, -0.2) is 23.3 Å². The van der Waals surface area contributed by atoms with E-state index in [1.165, 1.54) is 12.4 Å². The molecule has 0 N–H and O–H groups in total. The molecule has 0 saturated carbocycles. The van der Waals surface area contributed by atoms with Gasteiger partial charge in [-0.2, -0.15) is 10.1 Å². The van der Waals surface area contributed by atoms with Crippen LogP contribution in [0.15, 0.2) is 24.7 Å². The SMILES string of the molecule is COc1ccnc(N2CC[C@@H](C)[C@H](c3cc(C(F)F)nc4ncnn34)C2)c1OC. The molecular weight excluding hydrogens is 382 g/mol. The molecule has 4 heterocycles. The molecule has 0 aromatic carbocycles. The number of rotatable bonds is 5. The highest BCUT2D eigenvalue weighted by Crippen LogP contribution is 2.40. The second-order valence-corrected chi connectivity index (χ2v) is 7.07. The highest BCUT2D eigenvalue weighted by molar-refractivity contribution is 5.60. The van der Waals surface area contributed by atoms with Crippen LogP contribution in [0.2, 0.25) is 0 Å². The standard InChI is InChI=1S/C19H22F2N6O2/c1-11-5-7-26(18-16(29-3)15(28-2)4-6-22-18)9-12(11)14-8-13(17(20)21)25-19-23-10-24-27(14)19/h4,6,8,10-12,17H,5,7,9H2,1-3H3/t11-,12-/m1/s1. The minimum Gasteiger partial charge on any atom is -0.493 e. The molecule has 0 amide bonds. The first kappa shape index (κ1) is 19.3. The molecular formula is C19H22F2N6O2. The first-order valence-electron chi connectivity index (χ1n) is 9.34. The quantitative estimate of drug-likeness (QED) is 0.647. The Morgan fingerprint density at radius 3 is 2.76 bits per heavy atom. The van der Waals surface area contributed by atoms with Crippen molar-refractivity contribution in [2.45, 2.75) is 25.7 Å². The molecule has 0 radical (unpaired) electrons. The van der Waals surface area contributed by atoms with E-state index in [1.807, 2.05) is 0 Å². The van der Waals surface area contributed by atoms with Gasteiger partial charge in [0.2, 0.25) is 5.75 Å². The second-order valence-electron chi connectivity index (χ2n) is 7.07. The summed E-state index contributed by atoms with van der Waals surface area (Å²) in [6.07, 6.45) is 1.18.